The predicted molar refractivity (Wildman–Crippen MR) is 120 cm³/mol. The molecule has 0 aliphatic carbocycles. The van der Waals surface area contributed by atoms with Crippen LogP contribution >= 0.6 is 0 Å². The molecular formula is C22H21F3N4O4S. The fraction of sp³-hybridized carbons (Fsp3) is 0.182. The third-order valence-corrected chi connectivity index (χ3v) is 5.98. The molecular weight excluding hydrogens is 473 g/mol. The summed E-state index contributed by atoms with van der Waals surface area (Å²) in [5.74, 6) is -0.261. The quantitative estimate of drug-likeness (QED) is 0.391. The van der Waals surface area contributed by atoms with Crippen LogP contribution in [0.4, 0.5) is 24.7 Å². The SMILES string of the molecule is COc1ccc(NS(=O)(=O)c2ccc(C(=O)NCCNc3ncccc3C(F)(F)F)cc2)cc1. The van der Waals surface area contributed by atoms with Crippen LogP contribution in [-0.2, 0) is 16.2 Å². The van der Waals surface area contributed by atoms with E-state index in [1.54, 1.807) is 24.3 Å². The number of sulfonamides is 1. The first kappa shape index (κ1) is 24.8. The van der Waals surface area contributed by atoms with Crippen molar-refractivity contribution in [2.45, 2.75) is 11.1 Å². The number of ether oxygens (including phenoxy) is 1. The molecule has 1 heterocycles. The van der Waals surface area contributed by atoms with Gasteiger partial charge in [0, 0.05) is 30.5 Å². The number of amides is 1. The lowest BCUT2D eigenvalue weighted by Gasteiger charge is -2.13. The summed E-state index contributed by atoms with van der Waals surface area (Å²) in [6.07, 6.45) is -3.32. The molecule has 1 amide bonds. The van der Waals surface area contributed by atoms with Crippen molar-refractivity contribution in [3.8, 4) is 5.75 Å². The van der Waals surface area contributed by atoms with Crippen LogP contribution < -0.4 is 20.1 Å². The van der Waals surface area contributed by atoms with Crippen LogP contribution in [0.1, 0.15) is 15.9 Å². The highest BCUT2D eigenvalue weighted by molar-refractivity contribution is 7.92. The zero-order valence-corrected chi connectivity index (χ0v) is 18.7. The maximum atomic E-state index is 13.0. The van der Waals surface area contributed by atoms with Crippen LogP contribution in [0.2, 0.25) is 0 Å². The number of alkyl halides is 3. The van der Waals surface area contributed by atoms with Crippen LogP contribution in [0.3, 0.4) is 0 Å². The van der Waals surface area contributed by atoms with E-state index in [0.717, 1.165) is 6.07 Å². The monoisotopic (exact) mass is 494 g/mol. The van der Waals surface area contributed by atoms with Crippen molar-refractivity contribution in [2.75, 3.05) is 30.2 Å². The highest BCUT2D eigenvalue weighted by atomic mass is 32.2. The molecule has 8 nitrogen and oxygen atoms in total. The van der Waals surface area contributed by atoms with E-state index in [-0.39, 0.29) is 29.4 Å². The number of rotatable bonds is 9. The molecule has 0 aliphatic rings. The molecule has 0 saturated carbocycles. The molecule has 0 aliphatic heterocycles. The Hall–Kier alpha value is -3.80. The molecule has 3 aromatic rings. The summed E-state index contributed by atoms with van der Waals surface area (Å²) < 4.78 is 71.5. The van der Waals surface area contributed by atoms with Crippen LogP contribution in [0.15, 0.2) is 71.8 Å². The maximum Gasteiger partial charge on any atom is 0.419 e. The van der Waals surface area contributed by atoms with Crippen molar-refractivity contribution in [3.05, 3.63) is 78.0 Å². The first-order valence-electron chi connectivity index (χ1n) is 9.91. The van der Waals surface area contributed by atoms with Crippen LogP contribution in [0.25, 0.3) is 0 Å². The van der Waals surface area contributed by atoms with Crippen molar-refractivity contribution >= 4 is 27.4 Å². The molecule has 180 valence electrons. The summed E-state index contributed by atoms with van der Waals surface area (Å²) >= 11 is 0. The molecule has 0 bridgehead atoms. The zero-order chi connectivity index (χ0) is 24.8. The molecule has 0 spiro atoms. The van der Waals surface area contributed by atoms with Gasteiger partial charge < -0.3 is 15.4 Å². The van der Waals surface area contributed by atoms with Crippen LogP contribution in [0.5, 0.6) is 5.75 Å². The second-order valence-corrected chi connectivity index (χ2v) is 8.62. The molecule has 34 heavy (non-hydrogen) atoms. The van der Waals surface area contributed by atoms with Crippen molar-refractivity contribution < 1.29 is 31.1 Å². The van der Waals surface area contributed by atoms with Gasteiger partial charge in [0.2, 0.25) is 0 Å². The van der Waals surface area contributed by atoms with E-state index < -0.39 is 27.7 Å². The standard InChI is InChI=1S/C22H21F3N4O4S/c1-33-17-8-6-16(7-9-17)29-34(31,32)18-10-4-15(5-11-18)21(30)28-14-13-27-20-19(22(23,24)25)3-2-12-26-20/h2-12,29H,13-14H2,1H3,(H,26,27)(H,28,30). The molecule has 0 atom stereocenters. The van der Waals surface area contributed by atoms with Crippen molar-refractivity contribution in [1.29, 1.82) is 0 Å². The van der Waals surface area contributed by atoms with E-state index in [1.807, 2.05) is 0 Å². The number of carbonyl (C=O) groups is 1. The predicted octanol–water partition coefficient (Wildman–Crippen LogP) is 3.75. The lowest BCUT2D eigenvalue weighted by molar-refractivity contribution is -0.137. The lowest BCUT2D eigenvalue weighted by atomic mass is 10.2. The van der Waals surface area contributed by atoms with E-state index in [1.165, 1.54) is 43.6 Å². The van der Waals surface area contributed by atoms with Crippen molar-refractivity contribution in [1.82, 2.24) is 10.3 Å². The smallest absolute Gasteiger partial charge is 0.419 e. The van der Waals surface area contributed by atoms with Crippen molar-refractivity contribution in [2.24, 2.45) is 0 Å². The molecule has 2 aromatic carbocycles. The Balaban J connectivity index is 1.55. The van der Waals surface area contributed by atoms with Gasteiger partial charge in [-0.05, 0) is 60.7 Å². The van der Waals surface area contributed by atoms with Gasteiger partial charge in [0.15, 0.2) is 0 Å². The number of hydrogen-bond acceptors (Lipinski definition) is 6. The third-order valence-electron chi connectivity index (χ3n) is 4.59. The number of benzene rings is 2. The molecule has 3 N–H and O–H groups in total. The highest BCUT2D eigenvalue weighted by Crippen LogP contribution is 2.33. The Morgan fingerprint density at radius 1 is 1.00 bits per heavy atom. The Morgan fingerprint density at radius 3 is 2.29 bits per heavy atom. The number of methoxy groups -OCH3 is 1. The van der Waals surface area contributed by atoms with Gasteiger partial charge in [-0.1, -0.05) is 0 Å². The number of nitrogens with zero attached hydrogens (tertiary/aromatic N) is 1. The second-order valence-electron chi connectivity index (χ2n) is 6.94. The fourth-order valence-corrected chi connectivity index (χ4v) is 3.95. The molecule has 1 aromatic heterocycles. The van der Waals surface area contributed by atoms with Crippen LogP contribution in [0, 0.1) is 0 Å². The summed E-state index contributed by atoms with van der Waals surface area (Å²) in [5, 5.41) is 5.09. The van der Waals surface area contributed by atoms with Gasteiger partial charge in [0.25, 0.3) is 15.9 Å². The topological polar surface area (TPSA) is 109 Å². The van der Waals surface area contributed by atoms with Gasteiger partial charge in [-0.2, -0.15) is 13.2 Å². The highest BCUT2D eigenvalue weighted by Gasteiger charge is 2.33. The largest absolute Gasteiger partial charge is 0.497 e. The summed E-state index contributed by atoms with van der Waals surface area (Å²) in [6, 6.07) is 13.7. The number of carbonyl (C=O) groups excluding carboxylic acids is 1. The number of pyridine rings is 1. The number of halogens is 3. The zero-order valence-electron chi connectivity index (χ0n) is 17.9. The minimum Gasteiger partial charge on any atom is -0.497 e. The van der Waals surface area contributed by atoms with Gasteiger partial charge in [-0.3, -0.25) is 9.52 Å². The molecule has 0 radical (unpaired) electrons. The summed E-state index contributed by atoms with van der Waals surface area (Å²) in [4.78, 5) is 15.9. The Labute approximate surface area is 194 Å². The average Bonchev–Trinajstić information content (AvgIpc) is 2.81. The number of aromatic nitrogens is 1. The van der Waals surface area contributed by atoms with E-state index in [9.17, 15) is 26.4 Å². The van der Waals surface area contributed by atoms with E-state index >= 15 is 0 Å². The second kappa shape index (κ2) is 10.4. The van der Waals surface area contributed by atoms with E-state index in [2.05, 4.69) is 20.3 Å². The van der Waals surface area contributed by atoms with Gasteiger partial charge in [0.05, 0.1) is 17.6 Å². The number of nitrogens with one attached hydrogen (secondary N) is 3. The summed E-state index contributed by atoms with van der Waals surface area (Å²) in [7, 11) is -2.38. The Morgan fingerprint density at radius 2 is 1.68 bits per heavy atom. The summed E-state index contributed by atoms with van der Waals surface area (Å²) in [5.41, 5.74) is -0.365. The first-order valence-corrected chi connectivity index (χ1v) is 11.4. The molecule has 3 rings (SSSR count). The Kier molecular flexibility index (Phi) is 7.61. The van der Waals surface area contributed by atoms with E-state index in [4.69, 9.17) is 4.74 Å². The van der Waals surface area contributed by atoms with Crippen LogP contribution in [-0.4, -0.2) is 39.5 Å². The van der Waals surface area contributed by atoms with Gasteiger partial charge in [-0.15, -0.1) is 0 Å². The number of hydrogen-bond donors (Lipinski definition) is 3. The fourth-order valence-electron chi connectivity index (χ4n) is 2.89. The number of anilines is 2. The molecule has 12 heteroatoms. The lowest BCUT2D eigenvalue weighted by Crippen LogP contribution is -2.29. The summed E-state index contributed by atoms with van der Waals surface area (Å²) in [6.45, 7) is 0.0237. The van der Waals surface area contributed by atoms with Gasteiger partial charge in [-0.25, -0.2) is 13.4 Å². The molecule has 0 unspecified atom stereocenters. The minimum atomic E-state index is -4.55. The third kappa shape index (κ3) is 6.38. The van der Waals surface area contributed by atoms with Crippen molar-refractivity contribution in [3.63, 3.8) is 0 Å². The molecule has 0 saturated heterocycles. The maximum absolute atomic E-state index is 13.0. The normalized spacial score (nSPS) is 11.5. The first-order chi connectivity index (χ1) is 16.1. The van der Waals surface area contributed by atoms with Gasteiger partial charge in [0.1, 0.15) is 11.6 Å². The Bertz CT molecular complexity index is 1230. The minimum absolute atomic E-state index is 0.00404. The van der Waals surface area contributed by atoms with Gasteiger partial charge >= 0.3 is 6.18 Å². The molecule has 0 fully saturated rings. The van der Waals surface area contributed by atoms with E-state index in [0.29, 0.717) is 11.4 Å². The average molecular weight is 494 g/mol.